The number of hydrogen-bond acceptors (Lipinski definition) is 3. The number of rotatable bonds is 4. The fourth-order valence-electron chi connectivity index (χ4n) is 3.20. The zero-order valence-corrected chi connectivity index (χ0v) is 12.0. The molecule has 1 N–H and O–H groups in total. The Hall–Kier alpha value is -1.22. The van der Waals surface area contributed by atoms with Gasteiger partial charge in [0.25, 0.3) is 0 Å². The van der Waals surface area contributed by atoms with Crippen molar-refractivity contribution in [1.82, 2.24) is 5.32 Å². The van der Waals surface area contributed by atoms with Crippen molar-refractivity contribution in [1.29, 1.82) is 0 Å². The van der Waals surface area contributed by atoms with E-state index in [0.717, 1.165) is 30.4 Å². The lowest BCUT2D eigenvalue weighted by Crippen LogP contribution is -2.43. The molecule has 1 saturated carbocycles. The lowest BCUT2D eigenvalue weighted by Gasteiger charge is -2.40. The van der Waals surface area contributed by atoms with Crippen LogP contribution >= 0.6 is 0 Å². The standard InChI is InChI=1S/C16H23NO2/c1-4-17-14-10-16(2,11-5-6-11)19-15-8-7-12(18-3)9-13(14)15/h7-9,11,14,17H,4-6,10H2,1-3H3. The highest BCUT2D eigenvalue weighted by atomic mass is 16.5. The molecule has 3 heteroatoms. The molecular weight excluding hydrogens is 238 g/mol. The van der Waals surface area contributed by atoms with Gasteiger partial charge in [-0.2, -0.15) is 0 Å². The van der Waals surface area contributed by atoms with E-state index in [0.29, 0.717) is 6.04 Å². The predicted molar refractivity (Wildman–Crippen MR) is 75.8 cm³/mol. The third kappa shape index (κ3) is 2.32. The van der Waals surface area contributed by atoms with Crippen LogP contribution in [-0.4, -0.2) is 19.3 Å². The van der Waals surface area contributed by atoms with Gasteiger partial charge >= 0.3 is 0 Å². The van der Waals surface area contributed by atoms with Crippen molar-refractivity contribution in [3.63, 3.8) is 0 Å². The van der Waals surface area contributed by atoms with Gasteiger partial charge in [-0.3, -0.25) is 0 Å². The Kier molecular flexibility index (Phi) is 3.17. The maximum Gasteiger partial charge on any atom is 0.125 e. The first kappa shape index (κ1) is 12.8. The van der Waals surface area contributed by atoms with Crippen LogP contribution in [0.5, 0.6) is 11.5 Å². The maximum absolute atomic E-state index is 6.32. The van der Waals surface area contributed by atoms with Gasteiger partial charge in [0.05, 0.1) is 7.11 Å². The predicted octanol–water partition coefficient (Wildman–Crippen LogP) is 3.30. The van der Waals surface area contributed by atoms with Gasteiger partial charge in [-0.25, -0.2) is 0 Å². The summed E-state index contributed by atoms with van der Waals surface area (Å²) in [6, 6.07) is 6.52. The second-order valence-corrected chi connectivity index (χ2v) is 5.91. The summed E-state index contributed by atoms with van der Waals surface area (Å²) >= 11 is 0. The number of ether oxygens (including phenoxy) is 2. The average molecular weight is 261 g/mol. The fourth-order valence-corrected chi connectivity index (χ4v) is 3.20. The summed E-state index contributed by atoms with van der Waals surface area (Å²) in [5.74, 6) is 2.65. The molecule has 0 radical (unpaired) electrons. The van der Waals surface area contributed by atoms with Gasteiger partial charge in [-0.15, -0.1) is 0 Å². The van der Waals surface area contributed by atoms with E-state index in [4.69, 9.17) is 9.47 Å². The Labute approximate surface area is 115 Å². The molecule has 1 fully saturated rings. The van der Waals surface area contributed by atoms with Crippen LogP contribution in [0, 0.1) is 5.92 Å². The fraction of sp³-hybridized carbons (Fsp3) is 0.625. The monoisotopic (exact) mass is 261 g/mol. The largest absolute Gasteiger partial charge is 0.497 e. The average Bonchev–Trinajstić information content (AvgIpc) is 3.23. The van der Waals surface area contributed by atoms with Crippen molar-refractivity contribution in [2.45, 2.75) is 44.8 Å². The highest BCUT2D eigenvalue weighted by Crippen LogP contribution is 2.51. The van der Waals surface area contributed by atoms with Crippen LogP contribution in [0.1, 0.15) is 44.7 Å². The van der Waals surface area contributed by atoms with Gasteiger partial charge in [0.2, 0.25) is 0 Å². The maximum atomic E-state index is 6.32. The minimum atomic E-state index is -0.00553. The Morgan fingerprint density at radius 1 is 1.42 bits per heavy atom. The Balaban J connectivity index is 1.95. The normalized spacial score (nSPS) is 29.5. The molecule has 19 heavy (non-hydrogen) atoms. The Morgan fingerprint density at radius 2 is 2.21 bits per heavy atom. The van der Waals surface area contributed by atoms with Crippen molar-refractivity contribution < 1.29 is 9.47 Å². The lowest BCUT2D eigenvalue weighted by molar-refractivity contribution is 0.0270. The first-order valence-electron chi connectivity index (χ1n) is 7.26. The summed E-state index contributed by atoms with van der Waals surface area (Å²) in [5.41, 5.74) is 1.23. The zero-order valence-electron chi connectivity index (χ0n) is 12.0. The summed E-state index contributed by atoms with van der Waals surface area (Å²) in [5, 5.41) is 3.59. The molecule has 1 aromatic rings. The van der Waals surface area contributed by atoms with Gasteiger partial charge in [-0.1, -0.05) is 6.92 Å². The molecule has 3 nitrogen and oxygen atoms in total. The van der Waals surface area contributed by atoms with Crippen molar-refractivity contribution in [3.8, 4) is 11.5 Å². The van der Waals surface area contributed by atoms with Crippen LogP contribution in [0.15, 0.2) is 18.2 Å². The highest BCUT2D eigenvalue weighted by Gasteiger charge is 2.47. The lowest BCUT2D eigenvalue weighted by atomic mass is 9.85. The minimum Gasteiger partial charge on any atom is -0.497 e. The molecule has 1 heterocycles. The van der Waals surface area contributed by atoms with Crippen molar-refractivity contribution in [2.75, 3.05) is 13.7 Å². The summed E-state index contributed by atoms with van der Waals surface area (Å²) in [7, 11) is 1.71. The van der Waals surface area contributed by atoms with Gasteiger partial charge in [0, 0.05) is 18.0 Å². The van der Waals surface area contributed by atoms with E-state index in [1.165, 1.54) is 18.4 Å². The first-order valence-corrected chi connectivity index (χ1v) is 7.26. The molecule has 0 saturated heterocycles. The van der Waals surface area contributed by atoms with E-state index < -0.39 is 0 Å². The van der Waals surface area contributed by atoms with Crippen LogP contribution < -0.4 is 14.8 Å². The molecule has 0 spiro atoms. The molecular formula is C16H23NO2. The molecule has 1 aliphatic carbocycles. The van der Waals surface area contributed by atoms with Gasteiger partial charge in [-0.05, 0) is 50.4 Å². The minimum absolute atomic E-state index is 0.00553. The molecule has 3 rings (SSSR count). The van der Waals surface area contributed by atoms with Gasteiger partial charge in [0.1, 0.15) is 17.1 Å². The van der Waals surface area contributed by atoms with Crippen molar-refractivity contribution in [2.24, 2.45) is 5.92 Å². The number of fused-ring (bicyclic) bond motifs is 1. The number of hydrogen-bond donors (Lipinski definition) is 1. The summed E-state index contributed by atoms with van der Waals surface area (Å²) < 4.78 is 11.7. The van der Waals surface area contributed by atoms with E-state index in [-0.39, 0.29) is 5.60 Å². The second-order valence-electron chi connectivity index (χ2n) is 5.91. The molecule has 0 bridgehead atoms. The molecule has 1 aromatic carbocycles. The van der Waals surface area contributed by atoms with Crippen LogP contribution in [0.25, 0.3) is 0 Å². The van der Waals surface area contributed by atoms with Crippen LogP contribution in [0.4, 0.5) is 0 Å². The molecule has 0 amide bonds. The van der Waals surface area contributed by atoms with E-state index in [9.17, 15) is 0 Å². The van der Waals surface area contributed by atoms with Gasteiger partial charge in [0.15, 0.2) is 0 Å². The highest BCUT2D eigenvalue weighted by molar-refractivity contribution is 5.44. The Bertz CT molecular complexity index is 470. The van der Waals surface area contributed by atoms with E-state index >= 15 is 0 Å². The van der Waals surface area contributed by atoms with Crippen LogP contribution in [-0.2, 0) is 0 Å². The summed E-state index contributed by atoms with van der Waals surface area (Å²) in [6.45, 7) is 5.40. The van der Waals surface area contributed by atoms with Crippen molar-refractivity contribution in [3.05, 3.63) is 23.8 Å². The molecule has 2 atom stereocenters. The Morgan fingerprint density at radius 3 is 2.84 bits per heavy atom. The second kappa shape index (κ2) is 4.71. The summed E-state index contributed by atoms with van der Waals surface area (Å²) in [4.78, 5) is 0. The first-order chi connectivity index (χ1) is 9.16. The number of benzene rings is 1. The van der Waals surface area contributed by atoms with Gasteiger partial charge < -0.3 is 14.8 Å². The smallest absolute Gasteiger partial charge is 0.125 e. The topological polar surface area (TPSA) is 30.5 Å². The third-order valence-electron chi connectivity index (χ3n) is 4.44. The van der Waals surface area contributed by atoms with Crippen LogP contribution in [0.2, 0.25) is 0 Å². The molecule has 2 aliphatic rings. The van der Waals surface area contributed by atoms with E-state index in [1.807, 2.05) is 6.07 Å². The molecule has 2 unspecified atom stereocenters. The van der Waals surface area contributed by atoms with Crippen LogP contribution in [0.3, 0.4) is 0 Å². The third-order valence-corrected chi connectivity index (χ3v) is 4.44. The van der Waals surface area contributed by atoms with E-state index in [1.54, 1.807) is 7.11 Å². The zero-order chi connectivity index (χ0) is 13.5. The number of nitrogens with one attached hydrogen (secondary N) is 1. The SMILES string of the molecule is CCNC1CC(C)(C2CC2)Oc2ccc(OC)cc21. The summed E-state index contributed by atoms with van der Waals surface area (Å²) in [6.07, 6.45) is 3.66. The van der Waals surface area contributed by atoms with E-state index in [2.05, 4.69) is 31.3 Å². The van der Waals surface area contributed by atoms with Crippen molar-refractivity contribution >= 4 is 0 Å². The molecule has 0 aromatic heterocycles. The quantitative estimate of drug-likeness (QED) is 0.902. The molecule has 104 valence electrons. The molecule has 1 aliphatic heterocycles. The number of methoxy groups -OCH3 is 1.